The highest BCUT2D eigenvalue weighted by molar-refractivity contribution is 5.37. The van der Waals surface area contributed by atoms with E-state index in [-0.39, 0.29) is 5.54 Å². The molecule has 0 heterocycles. The molecule has 2 aliphatic rings. The molecule has 14 heavy (non-hydrogen) atoms. The first-order valence-corrected chi connectivity index (χ1v) is 5.21. The van der Waals surface area contributed by atoms with Gasteiger partial charge in [-0.2, -0.15) is 0 Å². The van der Waals surface area contributed by atoms with Crippen LogP contribution in [-0.4, -0.2) is 0 Å². The first-order valence-electron chi connectivity index (χ1n) is 5.21. The number of hydrogen-bond acceptors (Lipinski definition) is 1. The third-order valence-electron chi connectivity index (χ3n) is 3.43. The van der Waals surface area contributed by atoms with Gasteiger partial charge in [0, 0.05) is 5.54 Å². The molecule has 0 amide bonds. The average Bonchev–Trinajstić information content (AvgIpc) is 3.08. The zero-order valence-electron chi connectivity index (χ0n) is 8.09. The maximum Gasteiger partial charge on any atom is 0.136 e. The predicted octanol–water partition coefficient (Wildman–Crippen LogP) is 2.59. The number of benzene rings is 1. The third kappa shape index (κ3) is 1.17. The van der Waals surface area contributed by atoms with Crippen LogP contribution in [0.25, 0.3) is 0 Å². The molecular weight excluding hydrogens is 177 g/mol. The molecule has 0 spiro atoms. The van der Waals surface area contributed by atoms with Gasteiger partial charge in [-0.25, -0.2) is 4.39 Å². The predicted molar refractivity (Wildman–Crippen MR) is 53.6 cm³/mol. The summed E-state index contributed by atoms with van der Waals surface area (Å²) < 4.78 is 13.8. The molecule has 0 unspecified atom stereocenters. The Morgan fingerprint density at radius 1 is 1.07 bits per heavy atom. The van der Waals surface area contributed by atoms with E-state index in [0.29, 0.717) is 12.8 Å². The molecule has 0 saturated heterocycles. The Hall–Kier alpha value is -0.890. The third-order valence-corrected chi connectivity index (χ3v) is 3.43. The minimum atomic E-state index is -1.03. The van der Waals surface area contributed by atoms with Gasteiger partial charge in [-0.1, -0.05) is 24.3 Å². The second-order valence-corrected chi connectivity index (χ2v) is 4.70. The van der Waals surface area contributed by atoms with Crippen LogP contribution >= 0.6 is 0 Å². The number of rotatable bonds is 2. The summed E-state index contributed by atoms with van der Waals surface area (Å²) in [6.45, 7) is 0. The summed E-state index contributed by atoms with van der Waals surface area (Å²) in [6, 6.07) is 7.78. The van der Waals surface area contributed by atoms with Gasteiger partial charge >= 0.3 is 0 Å². The molecule has 2 fully saturated rings. The lowest BCUT2D eigenvalue weighted by Gasteiger charge is -2.12. The Kier molecular flexibility index (Phi) is 1.43. The lowest BCUT2D eigenvalue weighted by molar-refractivity contribution is 0.317. The minimum Gasteiger partial charge on any atom is -0.321 e. The highest BCUT2D eigenvalue weighted by Gasteiger charge is 2.46. The molecule has 1 nitrogen and oxygen atoms in total. The SMILES string of the molecule is NC1(c2cccc(C3(F)CC3)c2)CC1. The number of hydrogen-bond donors (Lipinski definition) is 1. The fourth-order valence-electron chi connectivity index (χ4n) is 1.93. The van der Waals surface area contributed by atoms with E-state index in [4.69, 9.17) is 5.73 Å². The summed E-state index contributed by atoms with van der Waals surface area (Å²) in [5.41, 5.74) is 6.85. The smallest absolute Gasteiger partial charge is 0.136 e. The summed E-state index contributed by atoms with van der Waals surface area (Å²) in [4.78, 5) is 0. The molecule has 0 aliphatic heterocycles. The Morgan fingerprint density at radius 3 is 2.29 bits per heavy atom. The zero-order chi connectivity index (χ0) is 9.81. The van der Waals surface area contributed by atoms with E-state index in [1.54, 1.807) is 0 Å². The van der Waals surface area contributed by atoms with E-state index < -0.39 is 5.67 Å². The molecule has 0 atom stereocenters. The largest absolute Gasteiger partial charge is 0.321 e. The fraction of sp³-hybridized carbons (Fsp3) is 0.500. The average molecular weight is 191 g/mol. The van der Waals surface area contributed by atoms with Crippen LogP contribution in [0.1, 0.15) is 36.8 Å². The Bertz CT molecular complexity index is 344. The molecule has 0 radical (unpaired) electrons. The molecule has 2 heteroatoms. The van der Waals surface area contributed by atoms with Crippen LogP contribution in [0.15, 0.2) is 24.3 Å². The van der Waals surface area contributed by atoms with Crippen molar-refractivity contribution in [2.24, 2.45) is 5.73 Å². The van der Waals surface area contributed by atoms with Crippen LogP contribution in [-0.2, 0) is 11.2 Å². The number of nitrogens with two attached hydrogens (primary N) is 1. The maximum absolute atomic E-state index is 13.8. The summed E-state index contributed by atoms with van der Waals surface area (Å²) in [7, 11) is 0. The van der Waals surface area contributed by atoms with Gasteiger partial charge in [0.2, 0.25) is 0 Å². The molecule has 0 bridgehead atoms. The second-order valence-electron chi connectivity index (χ2n) is 4.70. The summed E-state index contributed by atoms with van der Waals surface area (Å²) >= 11 is 0. The van der Waals surface area contributed by atoms with Gasteiger partial charge in [-0.15, -0.1) is 0 Å². The Labute approximate surface area is 83.1 Å². The van der Waals surface area contributed by atoms with E-state index in [9.17, 15) is 4.39 Å². The molecule has 2 N–H and O–H groups in total. The molecule has 1 aromatic rings. The summed E-state index contributed by atoms with van der Waals surface area (Å²) in [5.74, 6) is 0. The minimum absolute atomic E-state index is 0.138. The number of alkyl halides is 1. The van der Waals surface area contributed by atoms with Crippen molar-refractivity contribution in [3.05, 3.63) is 35.4 Å². The highest BCUT2D eigenvalue weighted by atomic mass is 19.1. The van der Waals surface area contributed by atoms with E-state index in [1.165, 1.54) is 0 Å². The van der Waals surface area contributed by atoms with Crippen LogP contribution in [0.2, 0.25) is 0 Å². The van der Waals surface area contributed by atoms with E-state index >= 15 is 0 Å². The zero-order valence-corrected chi connectivity index (χ0v) is 8.09. The van der Waals surface area contributed by atoms with Crippen LogP contribution in [0, 0.1) is 0 Å². The summed E-state index contributed by atoms with van der Waals surface area (Å²) in [6.07, 6.45) is 3.42. The molecule has 3 rings (SSSR count). The van der Waals surface area contributed by atoms with Gasteiger partial charge in [0.05, 0.1) is 0 Å². The van der Waals surface area contributed by atoms with Crippen molar-refractivity contribution in [3.63, 3.8) is 0 Å². The van der Waals surface area contributed by atoms with Crippen molar-refractivity contribution in [2.75, 3.05) is 0 Å². The van der Waals surface area contributed by atoms with E-state index in [0.717, 1.165) is 24.0 Å². The van der Waals surface area contributed by atoms with Gasteiger partial charge in [0.15, 0.2) is 0 Å². The van der Waals surface area contributed by atoms with E-state index in [1.807, 2.05) is 24.3 Å². The lowest BCUT2D eigenvalue weighted by Crippen LogP contribution is -2.19. The van der Waals surface area contributed by atoms with Crippen molar-refractivity contribution in [3.8, 4) is 0 Å². The fourth-order valence-corrected chi connectivity index (χ4v) is 1.93. The van der Waals surface area contributed by atoms with Gasteiger partial charge in [0.25, 0.3) is 0 Å². The lowest BCUT2D eigenvalue weighted by atomic mass is 10.00. The molecule has 2 saturated carbocycles. The van der Waals surface area contributed by atoms with Crippen LogP contribution in [0.3, 0.4) is 0 Å². The maximum atomic E-state index is 13.8. The molecule has 0 aromatic heterocycles. The van der Waals surface area contributed by atoms with Crippen molar-refractivity contribution >= 4 is 0 Å². The highest BCUT2D eigenvalue weighted by Crippen LogP contribution is 2.51. The first-order chi connectivity index (χ1) is 6.62. The molecular formula is C12H14FN. The second kappa shape index (κ2) is 2.37. The normalized spacial score (nSPS) is 25.9. The van der Waals surface area contributed by atoms with Crippen LogP contribution in [0.5, 0.6) is 0 Å². The molecule has 1 aromatic carbocycles. The Morgan fingerprint density at radius 2 is 1.71 bits per heavy atom. The standard InChI is InChI=1S/C12H14FN/c13-11(4-5-11)9-2-1-3-10(8-9)12(14)6-7-12/h1-3,8H,4-7,14H2. The van der Waals surface area contributed by atoms with Gasteiger partial charge < -0.3 is 5.73 Å². The molecule has 74 valence electrons. The van der Waals surface area contributed by atoms with Crippen molar-refractivity contribution in [1.29, 1.82) is 0 Å². The molecule has 2 aliphatic carbocycles. The van der Waals surface area contributed by atoms with Crippen LogP contribution < -0.4 is 5.73 Å². The topological polar surface area (TPSA) is 26.0 Å². The van der Waals surface area contributed by atoms with Crippen molar-refractivity contribution in [2.45, 2.75) is 36.9 Å². The summed E-state index contributed by atoms with van der Waals surface area (Å²) in [5, 5.41) is 0. The van der Waals surface area contributed by atoms with Gasteiger partial charge in [-0.3, -0.25) is 0 Å². The number of halogens is 1. The van der Waals surface area contributed by atoms with Crippen LogP contribution in [0.4, 0.5) is 4.39 Å². The van der Waals surface area contributed by atoms with Gasteiger partial charge in [-0.05, 0) is 36.8 Å². The van der Waals surface area contributed by atoms with Crippen molar-refractivity contribution < 1.29 is 4.39 Å². The monoisotopic (exact) mass is 191 g/mol. The quantitative estimate of drug-likeness (QED) is 0.764. The van der Waals surface area contributed by atoms with E-state index in [2.05, 4.69) is 0 Å². The van der Waals surface area contributed by atoms with Gasteiger partial charge in [0.1, 0.15) is 5.67 Å². The van der Waals surface area contributed by atoms with Crippen molar-refractivity contribution in [1.82, 2.24) is 0 Å². The Balaban J connectivity index is 1.99. The first kappa shape index (κ1) is 8.42.